The van der Waals surface area contributed by atoms with Crippen LogP contribution in [-0.2, 0) is 0 Å². The summed E-state index contributed by atoms with van der Waals surface area (Å²) in [5.41, 5.74) is 0.516. The molecular formula is C18H8Cl2O4. The Labute approximate surface area is 146 Å². The van der Waals surface area contributed by atoms with Crippen molar-refractivity contribution in [3.8, 4) is 17.1 Å². The number of hydrogen-bond donors (Lipinski definition) is 1. The molecule has 0 amide bonds. The third-order valence-corrected chi connectivity index (χ3v) is 4.84. The van der Waals surface area contributed by atoms with E-state index in [0.717, 1.165) is 0 Å². The third-order valence-electron chi connectivity index (χ3n) is 3.99. The zero-order valence-corrected chi connectivity index (χ0v) is 13.5. The van der Waals surface area contributed by atoms with E-state index in [0.29, 0.717) is 5.76 Å². The van der Waals surface area contributed by atoms with Gasteiger partial charge in [-0.05, 0) is 12.1 Å². The van der Waals surface area contributed by atoms with Gasteiger partial charge in [0.2, 0.25) is 0 Å². The topological polar surface area (TPSA) is 67.5 Å². The number of benzene rings is 2. The number of ketones is 2. The molecule has 2 aromatic carbocycles. The van der Waals surface area contributed by atoms with Crippen LogP contribution in [0.5, 0.6) is 5.75 Å². The number of furan rings is 1. The molecule has 0 unspecified atom stereocenters. The number of hydrogen-bond acceptors (Lipinski definition) is 4. The molecule has 0 bridgehead atoms. The highest BCUT2D eigenvalue weighted by Gasteiger charge is 2.37. The summed E-state index contributed by atoms with van der Waals surface area (Å²) in [6.07, 6.45) is 1.42. The number of carbonyl (C=O) groups excluding carboxylic acids is 2. The Balaban J connectivity index is 2.16. The molecule has 1 N–H and O–H groups in total. The predicted octanol–water partition coefficient (Wildman–Crippen LogP) is 4.73. The number of carbonyl (C=O) groups is 2. The number of fused-ring (bicyclic) bond motifs is 2. The first-order valence-electron chi connectivity index (χ1n) is 6.98. The average molecular weight is 359 g/mol. The minimum absolute atomic E-state index is 0.000509. The zero-order valence-electron chi connectivity index (χ0n) is 12.0. The summed E-state index contributed by atoms with van der Waals surface area (Å²) in [4.78, 5) is 25.8. The van der Waals surface area contributed by atoms with Gasteiger partial charge in [0.25, 0.3) is 0 Å². The average Bonchev–Trinajstić information content (AvgIpc) is 3.11. The van der Waals surface area contributed by atoms with E-state index in [-0.39, 0.29) is 37.9 Å². The molecular weight excluding hydrogens is 351 g/mol. The fraction of sp³-hybridized carbons (Fsp3) is 0. The van der Waals surface area contributed by atoms with Gasteiger partial charge in [-0.2, -0.15) is 0 Å². The molecule has 1 aliphatic carbocycles. The van der Waals surface area contributed by atoms with E-state index >= 15 is 0 Å². The highest BCUT2D eigenvalue weighted by molar-refractivity contribution is 6.47. The molecule has 4 nitrogen and oxygen atoms in total. The van der Waals surface area contributed by atoms with Gasteiger partial charge in [0, 0.05) is 16.7 Å². The zero-order chi connectivity index (χ0) is 17.0. The molecule has 6 heteroatoms. The Hall–Kier alpha value is -2.56. The van der Waals surface area contributed by atoms with E-state index in [1.807, 2.05) is 0 Å². The van der Waals surface area contributed by atoms with Crippen LogP contribution in [0.4, 0.5) is 0 Å². The lowest BCUT2D eigenvalue weighted by Gasteiger charge is -2.22. The number of phenols is 1. The summed E-state index contributed by atoms with van der Waals surface area (Å²) in [5.74, 6) is -1.11. The molecule has 0 fully saturated rings. The maximum absolute atomic E-state index is 13.0. The number of rotatable bonds is 1. The fourth-order valence-corrected chi connectivity index (χ4v) is 3.39. The van der Waals surface area contributed by atoms with Crippen molar-refractivity contribution in [1.29, 1.82) is 0 Å². The van der Waals surface area contributed by atoms with Crippen molar-refractivity contribution in [1.82, 2.24) is 0 Å². The van der Waals surface area contributed by atoms with Crippen molar-refractivity contribution in [2.75, 3.05) is 0 Å². The van der Waals surface area contributed by atoms with Crippen LogP contribution >= 0.6 is 23.2 Å². The maximum atomic E-state index is 13.0. The third kappa shape index (κ3) is 1.87. The molecule has 0 aliphatic heterocycles. The number of aromatic hydroxyl groups is 1. The smallest absolute Gasteiger partial charge is 0.198 e. The standard InChI is InChI=1S/C18H8Cl2O4/c19-14-11(10-6-3-7-24-10)12-13(18(23)15(14)20)17(22)9-5-2-1-4-8(9)16(12)21/h1-7,23H. The summed E-state index contributed by atoms with van der Waals surface area (Å²) < 4.78 is 5.34. The van der Waals surface area contributed by atoms with Crippen LogP contribution in [0.15, 0.2) is 47.1 Å². The molecule has 0 saturated heterocycles. The SMILES string of the molecule is O=C1c2ccccc2C(=O)c2c1c(O)c(Cl)c(Cl)c2-c1ccco1. The van der Waals surface area contributed by atoms with Gasteiger partial charge in [0.15, 0.2) is 11.6 Å². The van der Waals surface area contributed by atoms with Gasteiger partial charge in [-0.25, -0.2) is 0 Å². The molecule has 1 aromatic heterocycles. The highest BCUT2D eigenvalue weighted by Crippen LogP contribution is 2.48. The maximum Gasteiger partial charge on any atom is 0.198 e. The molecule has 0 spiro atoms. The summed E-state index contributed by atoms with van der Waals surface area (Å²) in [6.45, 7) is 0. The summed E-state index contributed by atoms with van der Waals surface area (Å²) in [5, 5.41) is 10.1. The van der Waals surface area contributed by atoms with Gasteiger partial charge < -0.3 is 9.52 Å². The molecule has 118 valence electrons. The first kappa shape index (κ1) is 15.0. The van der Waals surface area contributed by atoms with Crippen molar-refractivity contribution in [2.24, 2.45) is 0 Å². The molecule has 24 heavy (non-hydrogen) atoms. The second-order valence-corrected chi connectivity index (χ2v) is 6.04. The van der Waals surface area contributed by atoms with Crippen LogP contribution < -0.4 is 0 Å². The monoisotopic (exact) mass is 358 g/mol. The van der Waals surface area contributed by atoms with Crippen LogP contribution in [0.3, 0.4) is 0 Å². The lowest BCUT2D eigenvalue weighted by atomic mass is 9.81. The molecule has 0 atom stereocenters. The summed E-state index contributed by atoms with van der Waals surface area (Å²) >= 11 is 12.3. The second kappa shape index (κ2) is 5.23. The minimum atomic E-state index is -0.500. The van der Waals surface area contributed by atoms with Crippen molar-refractivity contribution >= 4 is 34.8 Å². The lowest BCUT2D eigenvalue weighted by molar-refractivity contribution is 0.0977. The Morgan fingerprint density at radius 3 is 2.00 bits per heavy atom. The van der Waals surface area contributed by atoms with E-state index in [1.165, 1.54) is 12.3 Å². The van der Waals surface area contributed by atoms with E-state index in [1.54, 1.807) is 30.3 Å². The first-order chi connectivity index (χ1) is 11.5. The van der Waals surface area contributed by atoms with Crippen LogP contribution in [0.1, 0.15) is 31.8 Å². The molecule has 3 aromatic rings. The fourth-order valence-electron chi connectivity index (χ4n) is 2.93. The number of halogens is 2. The normalized spacial score (nSPS) is 12.9. The second-order valence-electron chi connectivity index (χ2n) is 5.28. The molecule has 1 aliphatic rings. The van der Waals surface area contributed by atoms with Crippen molar-refractivity contribution in [3.63, 3.8) is 0 Å². The van der Waals surface area contributed by atoms with Crippen LogP contribution in [0.2, 0.25) is 10.0 Å². The van der Waals surface area contributed by atoms with E-state index < -0.39 is 17.3 Å². The molecule has 0 saturated carbocycles. The van der Waals surface area contributed by atoms with Crippen LogP contribution in [0.25, 0.3) is 11.3 Å². The van der Waals surface area contributed by atoms with Crippen molar-refractivity contribution < 1.29 is 19.1 Å². The predicted molar refractivity (Wildman–Crippen MR) is 89.1 cm³/mol. The molecule has 4 rings (SSSR count). The van der Waals surface area contributed by atoms with Gasteiger partial charge in [-0.15, -0.1) is 0 Å². The Morgan fingerprint density at radius 2 is 1.42 bits per heavy atom. The van der Waals surface area contributed by atoms with E-state index in [9.17, 15) is 14.7 Å². The summed E-state index contributed by atoms with van der Waals surface area (Å²) in [7, 11) is 0. The van der Waals surface area contributed by atoms with Crippen molar-refractivity contribution in [2.45, 2.75) is 0 Å². The Kier molecular flexibility index (Phi) is 3.27. The minimum Gasteiger partial charge on any atom is -0.506 e. The first-order valence-corrected chi connectivity index (χ1v) is 7.74. The molecule has 0 radical (unpaired) electrons. The summed E-state index contributed by atoms with van der Waals surface area (Å²) in [6, 6.07) is 9.64. The van der Waals surface area contributed by atoms with E-state index in [4.69, 9.17) is 27.6 Å². The van der Waals surface area contributed by atoms with Gasteiger partial charge >= 0.3 is 0 Å². The van der Waals surface area contributed by atoms with Gasteiger partial charge in [-0.3, -0.25) is 9.59 Å². The Morgan fingerprint density at radius 1 is 0.792 bits per heavy atom. The van der Waals surface area contributed by atoms with Crippen molar-refractivity contribution in [3.05, 3.63) is 75.0 Å². The quantitative estimate of drug-likeness (QED) is 0.533. The largest absolute Gasteiger partial charge is 0.506 e. The van der Waals surface area contributed by atoms with Gasteiger partial charge in [0.05, 0.1) is 22.4 Å². The highest BCUT2D eigenvalue weighted by atomic mass is 35.5. The van der Waals surface area contributed by atoms with Gasteiger partial charge in [-0.1, -0.05) is 47.5 Å². The lowest BCUT2D eigenvalue weighted by Crippen LogP contribution is -2.22. The van der Waals surface area contributed by atoms with Crippen LogP contribution in [-0.4, -0.2) is 16.7 Å². The van der Waals surface area contributed by atoms with Gasteiger partial charge in [0.1, 0.15) is 16.5 Å². The van der Waals surface area contributed by atoms with Crippen LogP contribution in [0, 0.1) is 0 Å². The number of phenolic OH excluding ortho intramolecular Hbond substituents is 1. The molecule has 1 heterocycles. The Bertz CT molecular complexity index is 1020. The van der Waals surface area contributed by atoms with E-state index in [2.05, 4.69) is 0 Å².